The summed E-state index contributed by atoms with van der Waals surface area (Å²) < 4.78 is 49.5. The van der Waals surface area contributed by atoms with Gasteiger partial charge in [-0.15, -0.1) is 0 Å². The highest BCUT2D eigenvalue weighted by Crippen LogP contribution is 2.29. The zero-order valence-electron chi connectivity index (χ0n) is 15.7. The Morgan fingerprint density at radius 2 is 1.60 bits per heavy atom. The molecule has 0 saturated carbocycles. The summed E-state index contributed by atoms with van der Waals surface area (Å²) in [4.78, 5) is 23.9. The van der Waals surface area contributed by atoms with Crippen LogP contribution in [0.4, 0.5) is 4.39 Å². The van der Waals surface area contributed by atoms with E-state index in [1.165, 1.54) is 24.7 Å². The predicted octanol–water partition coefficient (Wildman–Crippen LogP) is 2.00. The normalized spacial score (nSPS) is 12.3. The van der Waals surface area contributed by atoms with Gasteiger partial charge in [0.15, 0.2) is 9.84 Å². The highest BCUT2D eigenvalue weighted by molar-refractivity contribution is 7.91. The zero-order valence-corrected chi connectivity index (χ0v) is 16.5. The Morgan fingerprint density at radius 3 is 2.23 bits per heavy atom. The number of rotatable bonds is 8. The van der Waals surface area contributed by atoms with Crippen molar-refractivity contribution in [1.82, 2.24) is 10.6 Å². The number of halogens is 1. The van der Waals surface area contributed by atoms with E-state index < -0.39 is 39.3 Å². The molecular weight excluding hydrogens is 415 g/mol. The largest absolute Gasteiger partial charge is 0.469 e. The minimum atomic E-state index is -4.03. The fourth-order valence-corrected chi connectivity index (χ4v) is 4.31. The average Bonchev–Trinajstić information content (AvgIpc) is 3.42. The number of hydrogen-bond donors (Lipinski definition) is 2. The van der Waals surface area contributed by atoms with E-state index in [9.17, 15) is 22.4 Å². The van der Waals surface area contributed by atoms with Crippen LogP contribution in [0.2, 0.25) is 0 Å². The Labute approximate surface area is 172 Å². The summed E-state index contributed by atoms with van der Waals surface area (Å²) in [6.45, 7) is -0.229. The van der Waals surface area contributed by atoms with Crippen molar-refractivity contribution in [3.8, 4) is 0 Å². The van der Waals surface area contributed by atoms with Gasteiger partial charge < -0.3 is 19.5 Å². The van der Waals surface area contributed by atoms with Crippen LogP contribution < -0.4 is 10.6 Å². The van der Waals surface area contributed by atoms with Gasteiger partial charge in [0.2, 0.25) is 0 Å². The molecule has 3 rings (SSSR count). The van der Waals surface area contributed by atoms with Crippen molar-refractivity contribution in [3.05, 3.63) is 78.4 Å². The zero-order chi connectivity index (χ0) is 21.6. The maximum Gasteiger partial charge on any atom is 0.309 e. The van der Waals surface area contributed by atoms with E-state index in [-0.39, 0.29) is 17.2 Å². The van der Waals surface area contributed by atoms with Gasteiger partial charge >= 0.3 is 11.8 Å². The molecule has 2 amide bonds. The van der Waals surface area contributed by atoms with E-state index in [1.54, 1.807) is 12.1 Å². The minimum absolute atomic E-state index is 0.0813. The summed E-state index contributed by atoms with van der Waals surface area (Å²) in [5.74, 6) is -1.74. The van der Waals surface area contributed by atoms with Crippen LogP contribution in [-0.2, 0) is 25.8 Å². The number of sulfone groups is 1. The lowest BCUT2D eigenvalue weighted by atomic mass is 10.3. The quantitative estimate of drug-likeness (QED) is 0.414. The van der Waals surface area contributed by atoms with Crippen molar-refractivity contribution < 1.29 is 31.2 Å². The molecule has 3 aromatic rings. The van der Waals surface area contributed by atoms with Crippen LogP contribution in [0.3, 0.4) is 0 Å². The van der Waals surface area contributed by atoms with Crippen LogP contribution in [-0.4, -0.2) is 33.3 Å². The van der Waals surface area contributed by atoms with E-state index in [1.807, 2.05) is 0 Å². The van der Waals surface area contributed by atoms with E-state index in [0.29, 0.717) is 12.2 Å². The Bertz CT molecular complexity index is 1080. The number of hydrogen-bond acceptors (Lipinski definition) is 6. The number of furan rings is 2. The lowest BCUT2D eigenvalue weighted by Gasteiger charge is -2.16. The summed E-state index contributed by atoms with van der Waals surface area (Å²) in [5, 5.41) is 3.45. The molecular formula is C20H19FN2O6S. The first-order chi connectivity index (χ1) is 14.4. The third kappa shape index (κ3) is 5.15. The van der Waals surface area contributed by atoms with Gasteiger partial charge in [-0.25, -0.2) is 12.8 Å². The van der Waals surface area contributed by atoms with Gasteiger partial charge in [-0.05, 0) is 48.5 Å². The van der Waals surface area contributed by atoms with Gasteiger partial charge in [-0.1, -0.05) is 0 Å². The number of nitrogens with one attached hydrogen (secondary N) is 2. The van der Waals surface area contributed by atoms with Gasteiger partial charge in [0, 0.05) is 19.5 Å². The maximum atomic E-state index is 13.2. The van der Waals surface area contributed by atoms with Gasteiger partial charge in [-0.3, -0.25) is 9.59 Å². The molecule has 30 heavy (non-hydrogen) atoms. The van der Waals surface area contributed by atoms with Crippen LogP contribution in [0.15, 0.2) is 74.8 Å². The maximum absolute atomic E-state index is 13.2. The lowest BCUT2D eigenvalue weighted by Crippen LogP contribution is -2.42. The third-order valence-electron chi connectivity index (χ3n) is 4.27. The molecule has 0 unspecified atom stereocenters. The Morgan fingerprint density at radius 1 is 0.933 bits per heavy atom. The lowest BCUT2D eigenvalue weighted by molar-refractivity contribution is -0.139. The fourth-order valence-electron chi connectivity index (χ4n) is 2.73. The minimum Gasteiger partial charge on any atom is -0.469 e. The van der Waals surface area contributed by atoms with Crippen molar-refractivity contribution in [3.63, 3.8) is 0 Å². The topological polar surface area (TPSA) is 119 Å². The van der Waals surface area contributed by atoms with Crippen molar-refractivity contribution in [2.75, 3.05) is 13.1 Å². The van der Waals surface area contributed by atoms with Gasteiger partial charge in [0.25, 0.3) is 0 Å². The van der Waals surface area contributed by atoms with E-state index in [2.05, 4.69) is 10.6 Å². The molecule has 2 heterocycles. The monoisotopic (exact) mass is 434 g/mol. The van der Waals surface area contributed by atoms with Gasteiger partial charge in [0.05, 0.1) is 17.4 Å². The van der Waals surface area contributed by atoms with Crippen LogP contribution in [0.25, 0.3) is 0 Å². The molecule has 8 nitrogen and oxygen atoms in total. The number of carbonyl (C=O) groups excluding carboxylic acids is 2. The molecule has 0 aliphatic carbocycles. The second-order valence-corrected chi connectivity index (χ2v) is 8.43. The van der Waals surface area contributed by atoms with E-state index >= 15 is 0 Å². The van der Waals surface area contributed by atoms with Crippen molar-refractivity contribution in [2.45, 2.75) is 16.6 Å². The van der Waals surface area contributed by atoms with Crippen LogP contribution in [0.1, 0.15) is 16.8 Å². The standard InChI is InChI=1S/C20H19FN2O6S/c21-14-5-7-16(8-6-14)30(26,27)18(17-4-2-12-29-17)13-23-20(25)19(24)22-10-9-15-3-1-11-28-15/h1-8,11-12,18H,9-10,13H2,(H,22,24)(H,23,25)/t18-/m1/s1. The summed E-state index contributed by atoms with van der Waals surface area (Å²) in [5.41, 5.74) is 0. The second-order valence-electron chi connectivity index (χ2n) is 6.30. The number of carbonyl (C=O) groups is 2. The molecule has 0 saturated heterocycles. The SMILES string of the molecule is O=C(NCCc1ccco1)C(=O)NC[C@H](c1ccco1)S(=O)(=O)c1ccc(F)cc1. The Kier molecular flexibility index (Phi) is 6.68. The highest BCUT2D eigenvalue weighted by atomic mass is 32.2. The number of benzene rings is 1. The summed E-state index contributed by atoms with van der Waals surface area (Å²) >= 11 is 0. The van der Waals surface area contributed by atoms with Crippen molar-refractivity contribution >= 4 is 21.7 Å². The second kappa shape index (κ2) is 9.40. The van der Waals surface area contributed by atoms with Crippen LogP contribution in [0.5, 0.6) is 0 Å². The first-order valence-corrected chi connectivity index (χ1v) is 10.5. The molecule has 2 aromatic heterocycles. The van der Waals surface area contributed by atoms with Gasteiger partial charge in [-0.2, -0.15) is 0 Å². The van der Waals surface area contributed by atoms with Crippen molar-refractivity contribution in [1.29, 1.82) is 0 Å². The molecule has 1 aromatic carbocycles. The van der Waals surface area contributed by atoms with Crippen LogP contribution in [0, 0.1) is 5.82 Å². The third-order valence-corrected chi connectivity index (χ3v) is 6.35. The highest BCUT2D eigenvalue weighted by Gasteiger charge is 2.32. The van der Waals surface area contributed by atoms with Crippen LogP contribution >= 0.6 is 0 Å². The molecule has 0 aliphatic heterocycles. The van der Waals surface area contributed by atoms with Crippen molar-refractivity contribution in [2.24, 2.45) is 0 Å². The van der Waals surface area contributed by atoms with E-state index in [0.717, 1.165) is 24.3 Å². The smallest absolute Gasteiger partial charge is 0.309 e. The molecule has 158 valence electrons. The molecule has 0 bridgehead atoms. The summed E-state index contributed by atoms with van der Waals surface area (Å²) in [6.07, 6.45) is 3.20. The molecule has 2 N–H and O–H groups in total. The predicted molar refractivity (Wildman–Crippen MR) is 103 cm³/mol. The fraction of sp³-hybridized carbons (Fsp3) is 0.200. The first kappa shape index (κ1) is 21.3. The van der Waals surface area contributed by atoms with E-state index in [4.69, 9.17) is 8.83 Å². The summed E-state index contributed by atoms with van der Waals surface area (Å²) in [6, 6.07) is 10.7. The first-order valence-electron chi connectivity index (χ1n) is 8.99. The summed E-state index contributed by atoms with van der Waals surface area (Å²) in [7, 11) is -4.03. The Hall–Kier alpha value is -3.40. The Balaban J connectivity index is 1.65. The molecule has 0 spiro atoms. The van der Waals surface area contributed by atoms with Gasteiger partial charge in [0.1, 0.15) is 22.6 Å². The molecule has 0 fully saturated rings. The number of amides is 2. The molecule has 10 heteroatoms. The molecule has 1 atom stereocenters. The molecule has 0 radical (unpaired) electrons. The average molecular weight is 434 g/mol. The molecule has 0 aliphatic rings.